The number of carboxylic acid groups (broad SMARTS) is 2. The summed E-state index contributed by atoms with van der Waals surface area (Å²) in [5.41, 5.74) is 0. The van der Waals surface area contributed by atoms with Crippen molar-refractivity contribution in [2.45, 2.75) is 20.8 Å². The summed E-state index contributed by atoms with van der Waals surface area (Å²) in [5.74, 6) is -1.92. The monoisotopic (exact) mass is 436 g/mol. The fourth-order valence-electron chi connectivity index (χ4n) is 2.98. The van der Waals surface area contributed by atoms with Crippen LogP contribution >= 0.6 is 0 Å². The second-order valence-corrected chi connectivity index (χ2v) is 6.76. The summed E-state index contributed by atoms with van der Waals surface area (Å²) in [5, 5.41) is 30.3. The SMILES string of the molecule is CC.CC(=O)CN1CCN(COOO)CCN(CC(=O)O)CCN(CC(=O)O)CC1. The van der Waals surface area contributed by atoms with Crippen LogP contribution in [0.4, 0.5) is 0 Å². The van der Waals surface area contributed by atoms with Crippen LogP contribution in [0.25, 0.3) is 0 Å². The van der Waals surface area contributed by atoms with Crippen molar-refractivity contribution in [2.75, 3.05) is 78.7 Å². The molecule has 0 bridgehead atoms. The number of hydrogen-bond donors (Lipinski definition) is 3. The summed E-state index contributed by atoms with van der Waals surface area (Å²) in [6, 6.07) is 0. The zero-order valence-electron chi connectivity index (χ0n) is 18.2. The molecule has 1 aliphatic rings. The first-order valence-corrected chi connectivity index (χ1v) is 10.1. The van der Waals surface area contributed by atoms with Crippen LogP contribution in [0.15, 0.2) is 0 Å². The molecule has 1 aliphatic heterocycles. The van der Waals surface area contributed by atoms with Gasteiger partial charge in [-0.3, -0.25) is 34.0 Å². The van der Waals surface area contributed by atoms with Crippen molar-refractivity contribution in [3.63, 3.8) is 0 Å². The van der Waals surface area contributed by atoms with Crippen LogP contribution < -0.4 is 0 Å². The average molecular weight is 437 g/mol. The number of nitrogens with zero attached hydrogens (tertiary/aromatic N) is 4. The molecule has 12 nitrogen and oxygen atoms in total. The second kappa shape index (κ2) is 17.1. The lowest BCUT2D eigenvalue weighted by atomic mass is 10.3. The first kappa shape index (κ1) is 28.3. The zero-order chi connectivity index (χ0) is 22.9. The molecule has 0 aromatic heterocycles. The first-order chi connectivity index (χ1) is 14.3. The van der Waals surface area contributed by atoms with E-state index in [9.17, 15) is 14.4 Å². The Morgan fingerprint density at radius 1 is 0.700 bits per heavy atom. The van der Waals surface area contributed by atoms with Crippen molar-refractivity contribution in [3.8, 4) is 0 Å². The predicted molar refractivity (Wildman–Crippen MR) is 108 cm³/mol. The summed E-state index contributed by atoms with van der Waals surface area (Å²) in [6.07, 6.45) is 0. The Morgan fingerprint density at radius 3 is 1.33 bits per heavy atom. The van der Waals surface area contributed by atoms with E-state index in [4.69, 9.17) is 15.5 Å². The number of rotatable bonds is 9. The molecule has 1 fully saturated rings. The smallest absolute Gasteiger partial charge is 0.317 e. The fourth-order valence-corrected chi connectivity index (χ4v) is 2.98. The zero-order valence-corrected chi connectivity index (χ0v) is 18.2. The minimum Gasteiger partial charge on any atom is -0.480 e. The van der Waals surface area contributed by atoms with Crippen LogP contribution in [0.1, 0.15) is 20.8 Å². The van der Waals surface area contributed by atoms with E-state index >= 15 is 0 Å². The molecule has 0 saturated carbocycles. The highest BCUT2D eigenvalue weighted by atomic mass is 17.5. The van der Waals surface area contributed by atoms with Gasteiger partial charge in [0.2, 0.25) is 0 Å². The van der Waals surface area contributed by atoms with Crippen molar-refractivity contribution in [3.05, 3.63) is 0 Å². The summed E-state index contributed by atoms with van der Waals surface area (Å²) in [4.78, 5) is 45.6. The highest BCUT2D eigenvalue weighted by Gasteiger charge is 2.19. The van der Waals surface area contributed by atoms with E-state index in [0.29, 0.717) is 52.4 Å². The molecule has 0 aliphatic carbocycles. The molecule has 3 N–H and O–H groups in total. The van der Waals surface area contributed by atoms with Crippen LogP contribution in [-0.2, 0) is 24.3 Å². The molecular weight excluding hydrogens is 400 g/mol. The largest absolute Gasteiger partial charge is 0.480 e. The molecular formula is C18H36N4O8. The third-order valence-corrected chi connectivity index (χ3v) is 4.38. The molecule has 0 radical (unpaired) electrons. The fraction of sp³-hybridized carbons (Fsp3) is 0.833. The molecule has 1 rings (SSSR count). The Balaban J connectivity index is 0.00000407. The number of aliphatic carboxylic acids is 2. The summed E-state index contributed by atoms with van der Waals surface area (Å²) < 4.78 is 0. The second-order valence-electron chi connectivity index (χ2n) is 6.76. The van der Waals surface area contributed by atoms with Crippen molar-refractivity contribution in [1.82, 2.24) is 19.6 Å². The highest BCUT2D eigenvalue weighted by molar-refractivity contribution is 5.77. The van der Waals surface area contributed by atoms with Crippen LogP contribution in [0, 0.1) is 0 Å². The van der Waals surface area contributed by atoms with Gasteiger partial charge < -0.3 is 10.2 Å². The number of carbonyl (C=O) groups excluding carboxylic acids is 1. The average Bonchev–Trinajstić information content (AvgIpc) is 2.67. The molecule has 0 aromatic rings. The van der Waals surface area contributed by atoms with Gasteiger partial charge in [-0.2, -0.15) is 4.89 Å². The van der Waals surface area contributed by atoms with E-state index in [1.165, 1.54) is 6.92 Å². The quantitative estimate of drug-likeness (QED) is 0.313. The molecule has 1 saturated heterocycles. The Morgan fingerprint density at radius 2 is 1.03 bits per heavy atom. The van der Waals surface area contributed by atoms with Gasteiger partial charge in [0, 0.05) is 52.4 Å². The first-order valence-electron chi connectivity index (χ1n) is 10.1. The van der Waals surface area contributed by atoms with E-state index in [1.54, 1.807) is 9.80 Å². The highest BCUT2D eigenvalue weighted by Crippen LogP contribution is 2.01. The van der Waals surface area contributed by atoms with Gasteiger partial charge in [0.1, 0.15) is 12.5 Å². The molecule has 1 heterocycles. The molecule has 12 heteroatoms. The van der Waals surface area contributed by atoms with Gasteiger partial charge in [0.05, 0.1) is 19.6 Å². The van der Waals surface area contributed by atoms with Gasteiger partial charge in [-0.25, -0.2) is 5.26 Å². The van der Waals surface area contributed by atoms with Crippen molar-refractivity contribution in [1.29, 1.82) is 0 Å². The molecule has 0 spiro atoms. The number of carboxylic acids is 2. The van der Waals surface area contributed by atoms with Crippen LogP contribution in [0.5, 0.6) is 0 Å². The lowest BCUT2D eigenvalue weighted by Gasteiger charge is -2.32. The maximum atomic E-state index is 11.5. The third-order valence-electron chi connectivity index (χ3n) is 4.38. The molecule has 0 aromatic carbocycles. The van der Waals surface area contributed by atoms with Gasteiger partial charge in [-0.05, 0) is 6.92 Å². The van der Waals surface area contributed by atoms with Crippen molar-refractivity contribution < 1.29 is 39.8 Å². The Hall–Kier alpha value is -1.67. The summed E-state index contributed by atoms with van der Waals surface area (Å²) in [7, 11) is 0. The van der Waals surface area contributed by atoms with Gasteiger partial charge in [0.15, 0.2) is 0 Å². The maximum Gasteiger partial charge on any atom is 0.317 e. The van der Waals surface area contributed by atoms with Crippen LogP contribution in [0.2, 0.25) is 0 Å². The van der Waals surface area contributed by atoms with E-state index in [-0.39, 0.29) is 32.1 Å². The van der Waals surface area contributed by atoms with Crippen LogP contribution in [0.3, 0.4) is 0 Å². The lowest BCUT2D eigenvalue weighted by molar-refractivity contribution is -0.499. The van der Waals surface area contributed by atoms with Crippen molar-refractivity contribution in [2.24, 2.45) is 0 Å². The minimum atomic E-state index is -0.967. The minimum absolute atomic E-state index is 0.00556. The molecule has 0 atom stereocenters. The van der Waals surface area contributed by atoms with Gasteiger partial charge in [0.25, 0.3) is 0 Å². The number of hydrogen-bond acceptors (Lipinski definition) is 10. The van der Waals surface area contributed by atoms with E-state index in [2.05, 4.69) is 9.93 Å². The van der Waals surface area contributed by atoms with Gasteiger partial charge in [-0.1, -0.05) is 18.9 Å². The Bertz CT molecular complexity index is 477. The maximum absolute atomic E-state index is 11.5. The number of Topliss-reactive ketones (excluding diaryl/α,β-unsaturated/α-hetero) is 1. The standard InChI is InChI=1S/C16H30N4O8.C2H6/c1-14(21)10-17-2-3-18(11-15(22)23)4-5-19(12-16(24)25)7-9-20(8-6-17)13-27-28-26;1-2/h26H,2-13H2,1H3,(H,22,23)(H,24,25);1-2H3. The summed E-state index contributed by atoms with van der Waals surface area (Å²) in [6.45, 7) is 9.01. The van der Waals surface area contributed by atoms with E-state index in [0.717, 1.165) is 0 Å². The molecule has 176 valence electrons. The van der Waals surface area contributed by atoms with Gasteiger partial charge in [-0.15, -0.1) is 0 Å². The van der Waals surface area contributed by atoms with E-state index < -0.39 is 11.9 Å². The normalized spacial score (nSPS) is 18.5. The Kier molecular flexibility index (Phi) is 16.1. The van der Waals surface area contributed by atoms with Crippen molar-refractivity contribution >= 4 is 17.7 Å². The van der Waals surface area contributed by atoms with E-state index in [1.807, 2.05) is 23.6 Å². The lowest BCUT2D eigenvalue weighted by Crippen LogP contribution is -2.48. The third kappa shape index (κ3) is 14.3. The molecule has 0 unspecified atom stereocenters. The number of carbonyl (C=O) groups is 3. The Labute approximate surface area is 177 Å². The topological polar surface area (TPSA) is 143 Å². The molecule has 0 amide bonds. The predicted octanol–water partition coefficient (Wildman–Crippen LogP) is -0.629. The molecule has 30 heavy (non-hydrogen) atoms. The van der Waals surface area contributed by atoms with Gasteiger partial charge >= 0.3 is 11.9 Å². The number of ketones is 1. The van der Waals surface area contributed by atoms with Crippen LogP contribution in [-0.4, -0.2) is 132 Å². The summed E-state index contributed by atoms with van der Waals surface area (Å²) >= 11 is 0.